The molecule has 0 spiro atoms. The Morgan fingerprint density at radius 2 is 0.876 bits per heavy atom. The molecule has 1 aromatic heterocycles. The number of nitrogens with one attached hydrogen (secondary N) is 18. The van der Waals surface area contributed by atoms with Crippen LogP contribution < -0.4 is 125 Å². The first-order chi connectivity index (χ1) is 68.2. The number of rotatable bonds is 59. The maximum atomic E-state index is 15.6. The summed E-state index contributed by atoms with van der Waals surface area (Å²) in [6.45, 7) is 23.6. The van der Waals surface area contributed by atoms with Gasteiger partial charge in [-0.15, -0.1) is 0 Å². The van der Waals surface area contributed by atoms with E-state index in [-0.39, 0.29) is 146 Å². The third-order valence-corrected chi connectivity index (χ3v) is 25.5. The first-order valence-electron chi connectivity index (χ1n) is 50.6. The van der Waals surface area contributed by atoms with Gasteiger partial charge in [0, 0.05) is 29.9 Å². The van der Waals surface area contributed by atoms with E-state index in [0.29, 0.717) is 68.0 Å². The molecule has 2 heterocycles. The Morgan fingerprint density at radius 3 is 1.37 bits per heavy atom. The lowest BCUT2D eigenvalue weighted by atomic mass is 9.91. The van der Waals surface area contributed by atoms with E-state index in [1.165, 1.54) is 60.2 Å². The van der Waals surface area contributed by atoms with Gasteiger partial charge in [0.05, 0.1) is 18.2 Å². The van der Waals surface area contributed by atoms with Crippen molar-refractivity contribution in [2.75, 3.05) is 38.2 Å². The summed E-state index contributed by atoms with van der Waals surface area (Å²) < 4.78 is 0. The van der Waals surface area contributed by atoms with E-state index in [9.17, 15) is 82.4 Å². The number of H-pyrrole nitrogens is 1. The molecule has 20 atom stereocenters. The van der Waals surface area contributed by atoms with Crippen LogP contribution in [0.2, 0.25) is 0 Å². The van der Waals surface area contributed by atoms with Crippen LogP contribution in [0.1, 0.15) is 257 Å². The molecule has 18 amide bonds. The van der Waals surface area contributed by atoms with Gasteiger partial charge in [0.15, 0.2) is 0 Å². The number of aliphatic hydroxyl groups is 2. The third kappa shape index (κ3) is 44.8. The van der Waals surface area contributed by atoms with E-state index in [4.69, 9.17) is 34.4 Å². The molecule has 1 aromatic carbocycles. The minimum Gasteiger partial charge on any atom is -0.480 e. The number of carboxylic acid groups (broad SMARTS) is 1. The second-order valence-corrected chi connectivity index (χ2v) is 40.6. The van der Waals surface area contributed by atoms with Crippen LogP contribution in [0.5, 0.6) is 0 Å². The maximum Gasteiger partial charge on any atom is 0.326 e. The lowest BCUT2D eigenvalue weighted by Gasteiger charge is -2.35. The molecule has 0 fully saturated rings. The zero-order valence-electron chi connectivity index (χ0n) is 87.2. The highest BCUT2D eigenvalue weighted by Gasteiger charge is 2.46. The summed E-state index contributed by atoms with van der Waals surface area (Å²) in [7, 11) is 0. The number of fused-ring (bicyclic) bond motifs is 1. The van der Waals surface area contributed by atoms with Crippen molar-refractivity contribution in [1.82, 2.24) is 95.4 Å². The molecule has 47 heteroatoms. The fourth-order valence-corrected chi connectivity index (χ4v) is 16.5. The quantitative estimate of drug-likeness (QED) is 0.0247. The van der Waals surface area contributed by atoms with Crippen LogP contribution in [0.25, 0.3) is 10.9 Å². The third-order valence-electron chi connectivity index (χ3n) is 24.8. The van der Waals surface area contributed by atoms with Crippen LogP contribution in [0.15, 0.2) is 42.6 Å². The van der Waals surface area contributed by atoms with Crippen molar-refractivity contribution >= 4 is 135 Å². The number of hydrogen-bond acceptors (Lipinski definition) is 27. The molecule has 0 bridgehead atoms. The predicted molar refractivity (Wildman–Crippen MR) is 549 cm³/mol. The highest BCUT2D eigenvalue weighted by molar-refractivity contribution is 7.98. The molecule has 0 saturated heterocycles. The average molecular weight is 2070 g/mol. The molecule has 0 saturated carbocycles. The minimum absolute atomic E-state index is 0.0307. The van der Waals surface area contributed by atoms with Gasteiger partial charge in [-0.05, 0) is 263 Å². The van der Waals surface area contributed by atoms with E-state index < -0.39 is 244 Å². The number of carboxylic acids is 1. The van der Waals surface area contributed by atoms with Gasteiger partial charge >= 0.3 is 5.97 Å². The summed E-state index contributed by atoms with van der Waals surface area (Å²) in [5, 5.41) is 78.8. The number of carbonyl (C=O) groups excluding carboxylic acids is 18. The number of amides is 18. The van der Waals surface area contributed by atoms with Crippen molar-refractivity contribution in [3.8, 4) is 0 Å². The monoisotopic (exact) mass is 2070 g/mol. The topological polar surface area (TPSA) is 761 Å². The van der Waals surface area contributed by atoms with Crippen molar-refractivity contribution < 1.29 is 106 Å². The smallest absolute Gasteiger partial charge is 0.326 e. The molecule has 2 unspecified atom stereocenters. The number of carbonyl (C=O) groups is 19. The van der Waals surface area contributed by atoms with E-state index in [1.807, 2.05) is 0 Å². The second kappa shape index (κ2) is 65.2. The molecule has 818 valence electrons. The fraction of sp³-hybridized carbons (Fsp3) is 0.704. The fourth-order valence-electron chi connectivity index (χ4n) is 16.0. The Bertz CT molecular complexity index is 4610. The summed E-state index contributed by atoms with van der Waals surface area (Å²) in [4.78, 5) is 274. The second-order valence-electron chi connectivity index (χ2n) is 39.6. The normalized spacial score (nSPS) is 20.1. The van der Waals surface area contributed by atoms with Gasteiger partial charge in [-0.1, -0.05) is 85.7 Å². The summed E-state index contributed by atoms with van der Waals surface area (Å²) in [5.41, 5.74) is 31.3. The minimum atomic E-state index is -2.09. The number of aromatic nitrogens is 1. The number of benzene rings is 1. The van der Waals surface area contributed by atoms with Crippen molar-refractivity contribution in [3.63, 3.8) is 0 Å². The Morgan fingerprint density at radius 1 is 0.462 bits per heavy atom. The largest absolute Gasteiger partial charge is 0.480 e. The van der Waals surface area contributed by atoms with Gasteiger partial charge < -0.3 is 145 Å². The molecular weight excluding hydrogens is 1900 g/mol. The number of allylic oxidation sites excluding steroid dienone is 2. The van der Waals surface area contributed by atoms with Crippen molar-refractivity contribution in [3.05, 3.63) is 48.2 Å². The van der Waals surface area contributed by atoms with Crippen molar-refractivity contribution in [2.45, 2.75) is 378 Å². The average Bonchev–Trinajstić information content (AvgIpc) is 1.49. The SMILES string of the molecule is CSCC[C@@H]1NC(=O)[C@H](Cc2c[nH]c3ccccc23)NC(=O)C(C)(NC(=O)[C@H](CCCCN)NC(=O)[C@@H](NC(=O)[C@H](C)NC(=O)[C@H](CCC(N)=O)NC(=O)[C@H](C)N)C(C)C)CCC/C=C\CCCC(C)(C(=O)N[C@H](C(=O)N[C@@H](CC(C)C)C(=O)N[C@@H](CC(C)C)C(=O)N[C@H](C(=O)N[C@@H](C)C(=O)N[C@@H](CCCCN)C(=O)N[C@@H](CCCCN)C(=O)N[C@@H](CCCCN)C(=O)O)C(C)C)[C@@H](C)O)NC(=O)[C@H]([C@@H](C)O)NC1=O. The number of para-hydroxylation sites is 1. The van der Waals surface area contributed by atoms with Crippen LogP contribution in [0.3, 0.4) is 0 Å². The Balaban J connectivity index is 2.10. The van der Waals surface area contributed by atoms with Crippen molar-refractivity contribution in [1.29, 1.82) is 0 Å². The lowest BCUT2D eigenvalue weighted by molar-refractivity contribution is -0.142. The Hall–Kier alpha value is -11.5. The number of aliphatic hydroxyl groups excluding tert-OH is 2. The molecule has 1 aliphatic rings. The van der Waals surface area contributed by atoms with Gasteiger partial charge in [0.25, 0.3) is 0 Å². The molecule has 46 nitrogen and oxygen atoms in total. The Kier molecular flexibility index (Phi) is 57.4. The van der Waals surface area contributed by atoms with Crippen LogP contribution in [0, 0.1) is 23.7 Å². The number of thioether (sulfide) groups is 1. The molecule has 1 aliphatic heterocycles. The van der Waals surface area contributed by atoms with Gasteiger partial charge in [-0.2, -0.15) is 11.8 Å². The molecule has 3 rings (SSSR count). The zero-order valence-corrected chi connectivity index (χ0v) is 88.0. The number of hydrogen-bond donors (Lipinski definition) is 27. The van der Waals surface area contributed by atoms with Gasteiger partial charge in [-0.3, -0.25) is 86.3 Å². The van der Waals surface area contributed by atoms with E-state index in [2.05, 4.69) is 95.4 Å². The molecular formula is C98H168N24O22S. The van der Waals surface area contributed by atoms with Crippen molar-refractivity contribution in [2.24, 2.45) is 58.1 Å². The van der Waals surface area contributed by atoms with E-state index in [1.54, 1.807) is 104 Å². The van der Waals surface area contributed by atoms with E-state index in [0.717, 1.165) is 0 Å². The first kappa shape index (κ1) is 128. The molecule has 0 aliphatic carbocycles. The maximum absolute atomic E-state index is 15.6. The first-order valence-corrected chi connectivity index (χ1v) is 52.0. The van der Waals surface area contributed by atoms with Crippen LogP contribution >= 0.6 is 11.8 Å². The summed E-state index contributed by atoms with van der Waals surface area (Å²) >= 11 is 1.29. The lowest BCUT2D eigenvalue weighted by Crippen LogP contribution is -2.66. The highest BCUT2D eigenvalue weighted by atomic mass is 32.2. The number of primary amides is 1. The summed E-state index contributed by atoms with van der Waals surface area (Å²) in [6.07, 6.45) is 5.93. The predicted octanol–water partition coefficient (Wildman–Crippen LogP) is -2.19. The van der Waals surface area contributed by atoms with Crippen LogP contribution in [0.4, 0.5) is 0 Å². The zero-order chi connectivity index (χ0) is 109. The summed E-state index contributed by atoms with van der Waals surface area (Å²) in [6, 6.07) is -15.7. The molecule has 145 heavy (non-hydrogen) atoms. The van der Waals surface area contributed by atoms with Gasteiger partial charge in [0.2, 0.25) is 106 Å². The van der Waals surface area contributed by atoms with E-state index >= 15 is 24.0 Å². The molecule has 2 aromatic rings. The summed E-state index contributed by atoms with van der Waals surface area (Å²) in [5.74, 6) is -19.1. The number of nitrogens with two attached hydrogens (primary N) is 6. The number of aliphatic carboxylic acids is 1. The van der Waals surface area contributed by atoms with Crippen LogP contribution in [-0.4, -0.2) is 291 Å². The number of unbranched alkanes of at least 4 members (excludes halogenated alkanes) is 4. The molecule has 0 radical (unpaired) electrons. The van der Waals surface area contributed by atoms with Gasteiger partial charge in [0.1, 0.15) is 102 Å². The number of aromatic amines is 1. The standard InChI is InChI=1S/C98H168N24O22S/c1-53(2)49-71(86(133)114-72(50-54(3)4)88(135)118-75(55(5)6)90(137)107-58(10)80(127)109-65(35-23-29-44-99)83(130)110-66(36-24-30-45-100)84(131)113-70(94(141)142)38-26-32-47-102)115-92(139)77(60(12)123)120-96(144)98(15)43-28-20-18-17-19-27-42-97(14,95(143)116-73(51-62-52-105-64-34-22-21-33-63(62)64)87(134)111-69(41-48-145-16)85(132)119-78(61(13)124)93(140)122-98)121-89(136)67(37-25-31-46-101)112-91(138)76(56(7)8)117-81(128)59(11)106-82(129)68(39-40-74(104)125)108-79(126)57(9)103/h17-18,21-22,33-34,52-61,65-73,75-78,105,123-124H,19-20,23-32,35-51,99-103H2,1-16H3,(H2,104,125)(H,106,129)(H,107,137)(H,108,126)(H,109,127)(H,110,130)(H,111,134)(H,112,138)(H,113,131)(H,114,133)(H,115,139)(H,116,143)(H,117,128)(H,118,135)(H,119,132)(H,120,144)(H,121,136)(H,122,140)(H,141,142)/b18-17-/t57-,58-,59-,60+,61+,65-,66-,67-,68-,69-,70-,71-,72-,73-,75-,76-,77-,78-,97?,98?/m0/s1. The van der Waals surface area contributed by atoms with Crippen LogP contribution in [-0.2, 0) is 97.5 Å². The highest BCUT2D eigenvalue weighted by Crippen LogP contribution is 2.25. The Labute approximate surface area is 854 Å². The van der Waals surface area contributed by atoms with Gasteiger partial charge in [-0.25, -0.2) is 4.79 Å². The molecule has 33 N–H and O–H groups in total.